The van der Waals surface area contributed by atoms with Gasteiger partial charge in [-0.2, -0.15) is 0 Å². The Balaban J connectivity index is 0.00000264. The van der Waals surface area contributed by atoms with Gasteiger partial charge >= 0.3 is 0 Å². The lowest BCUT2D eigenvalue weighted by molar-refractivity contribution is -0.124. The van der Waals surface area contributed by atoms with Crippen LogP contribution in [0.1, 0.15) is 31.4 Å². The van der Waals surface area contributed by atoms with Crippen LogP contribution in [0.4, 0.5) is 0 Å². The number of nitrogens with one attached hydrogen (secondary N) is 2. The zero-order valence-corrected chi connectivity index (χ0v) is 16.5. The van der Waals surface area contributed by atoms with E-state index in [1.807, 2.05) is 14.0 Å². The molecule has 2 rings (SSSR count). The number of halogens is 2. The lowest BCUT2D eigenvalue weighted by atomic mass is 9.98. The van der Waals surface area contributed by atoms with Crippen LogP contribution in [-0.2, 0) is 17.8 Å². The summed E-state index contributed by atoms with van der Waals surface area (Å²) >= 11 is 0. The molecule has 0 aliphatic carbocycles. The topological polar surface area (TPSA) is 44.4 Å². The van der Waals surface area contributed by atoms with Crippen LogP contribution in [0.15, 0.2) is 24.3 Å². The Labute approximate surface area is 158 Å². The normalized spacial score (nSPS) is 16.1. The summed E-state index contributed by atoms with van der Waals surface area (Å²) < 4.78 is 0. The summed E-state index contributed by atoms with van der Waals surface area (Å²) in [4.78, 5) is 14.6. The van der Waals surface area contributed by atoms with Gasteiger partial charge in [-0.1, -0.05) is 38.1 Å². The molecule has 6 heteroatoms. The van der Waals surface area contributed by atoms with Gasteiger partial charge in [-0.05, 0) is 31.0 Å². The molecule has 24 heavy (non-hydrogen) atoms. The molecule has 0 spiro atoms. The quantitative estimate of drug-likeness (QED) is 0.769. The molecule has 0 aromatic heterocycles. The van der Waals surface area contributed by atoms with Gasteiger partial charge in [0.2, 0.25) is 5.91 Å². The van der Waals surface area contributed by atoms with Crippen molar-refractivity contribution in [2.75, 3.05) is 26.7 Å². The van der Waals surface area contributed by atoms with Crippen molar-refractivity contribution in [3.8, 4) is 0 Å². The van der Waals surface area contributed by atoms with Gasteiger partial charge in [-0.3, -0.25) is 9.69 Å². The highest BCUT2D eigenvalue weighted by molar-refractivity contribution is 5.85. The predicted octanol–water partition coefficient (Wildman–Crippen LogP) is 2.64. The van der Waals surface area contributed by atoms with Crippen LogP contribution in [0.5, 0.6) is 0 Å². The number of rotatable bonds is 7. The van der Waals surface area contributed by atoms with Gasteiger partial charge in [0.1, 0.15) is 0 Å². The third kappa shape index (κ3) is 6.25. The first-order valence-corrected chi connectivity index (χ1v) is 8.38. The SMILES string of the molecule is CCC(CNC(=O)C(C)CNC)N1CCc2ccccc2C1.Cl.Cl. The van der Waals surface area contributed by atoms with Gasteiger partial charge in [0.25, 0.3) is 0 Å². The van der Waals surface area contributed by atoms with Crippen LogP contribution in [0.2, 0.25) is 0 Å². The average Bonchev–Trinajstić information content (AvgIpc) is 2.55. The van der Waals surface area contributed by atoms with Gasteiger partial charge in [0.05, 0.1) is 0 Å². The van der Waals surface area contributed by atoms with Crippen molar-refractivity contribution in [1.82, 2.24) is 15.5 Å². The molecule has 1 aliphatic heterocycles. The van der Waals surface area contributed by atoms with Crippen LogP contribution in [0.3, 0.4) is 0 Å². The van der Waals surface area contributed by atoms with Crippen molar-refractivity contribution in [3.63, 3.8) is 0 Å². The first-order chi connectivity index (χ1) is 10.7. The van der Waals surface area contributed by atoms with E-state index >= 15 is 0 Å². The molecule has 1 amide bonds. The van der Waals surface area contributed by atoms with Crippen molar-refractivity contribution >= 4 is 30.7 Å². The van der Waals surface area contributed by atoms with Gasteiger partial charge in [0.15, 0.2) is 0 Å². The fourth-order valence-electron chi connectivity index (χ4n) is 3.15. The average molecular weight is 376 g/mol. The van der Waals surface area contributed by atoms with Crippen molar-refractivity contribution in [1.29, 1.82) is 0 Å². The molecule has 1 aliphatic rings. The highest BCUT2D eigenvalue weighted by atomic mass is 35.5. The monoisotopic (exact) mass is 375 g/mol. The standard InChI is InChI=1S/C18H29N3O.2ClH/c1-4-17(12-20-18(22)14(2)11-19-3)21-10-9-15-7-5-6-8-16(15)13-21;;/h5-8,14,17,19H,4,9-13H2,1-3H3,(H,20,22);2*1H. The fraction of sp³-hybridized carbons (Fsp3) is 0.611. The molecule has 2 N–H and O–H groups in total. The number of amides is 1. The minimum atomic E-state index is 0. The number of hydrogen-bond donors (Lipinski definition) is 2. The molecular formula is C18H31Cl2N3O. The first kappa shape index (κ1) is 23.2. The van der Waals surface area contributed by atoms with Gasteiger partial charge in [-0.15, -0.1) is 24.8 Å². The molecule has 0 fully saturated rings. The molecule has 1 aromatic rings. The van der Waals surface area contributed by atoms with Crippen molar-refractivity contribution < 1.29 is 4.79 Å². The van der Waals surface area contributed by atoms with Crippen LogP contribution in [0.25, 0.3) is 0 Å². The summed E-state index contributed by atoms with van der Waals surface area (Å²) in [5.41, 5.74) is 2.90. The van der Waals surface area contributed by atoms with Gasteiger partial charge < -0.3 is 10.6 Å². The number of hydrogen-bond acceptors (Lipinski definition) is 3. The van der Waals surface area contributed by atoms with Crippen LogP contribution >= 0.6 is 24.8 Å². The molecule has 0 saturated heterocycles. The summed E-state index contributed by atoms with van der Waals surface area (Å²) in [6.45, 7) is 7.71. The van der Waals surface area contributed by atoms with Crippen molar-refractivity contribution in [3.05, 3.63) is 35.4 Å². The molecule has 0 radical (unpaired) electrons. The van der Waals surface area contributed by atoms with Crippen molar-refractivity contribution in [2.45, 2.75) is 39.3 Å². The molecule has 0 saturated carbocycles. The fourth-order valence-corrected chi connectivity index (χ4v) is 3.15. The number of carbonyl (C=O) groups excluding carboxylic acids is 1. The largest absolute Gasteiger partial charge is 0.354 e. The molecule has 0 bridgehead atoms. The van der Waals surface area contributed by atoms with E-state index < -0.39 is 0 Å². The Morgan fingerprint density at radius 1 is 1.21 bits per heavy atom. The van der Waals surface area contributed by atoms with E-state index in [4.69, 9.17) is 0 Å². The molecule has 2 atom stereocenters. The maximum absolute atomic E-state index is 12.1. The number of nitrogens with zero attached hydrogens (tertiary/aromatic N) is 1. The number of benzene rings is 1. The number of fused-ring (bicyclic) bond motifs is 1. The Bertz CT molecular complexity index is 499. The van der Waals surface area contributed by atoms with Crippen molar-refractivity contribution in [2.24, 2.45) is 5.92 Å². The molecule has 4 nitrogen and oxygen atoms in total. The Hall–Kier alpha value is -0.810. The van der Waals surface area contributed by atoms with E-state index in [9.17, 15) is 4.79 Å². The summed E-state index contributed by atoms with van der Waals surface area (Å²) in [5, 5.41) is 6.17. The Morgan fingerprint density at radius 2 is 1.88 bits per heavy atom. The zero-order valence-electron chi connectivity index (χ0n) is 14.9. The van der Waals surface area contributed by atoms with E-state index in [2.05, 4.69) is 46.7 Å². The lowest BCUT2D eigenvalue weighted by Gasteiger charge is -2.35. The second-order valence-electron chi connectivity index (χ2n) is 6.26. The summed E-state index contributed by atoms with van der Waals surface area (Å²) in [7, 11) is 1.88. The summed E-state index contributed by atoms with van der Waals surface area (Å²) in [5.74, 6) is 0.162. The van der Waals surface area contributed by atoms with Crippen LogP contribution < -0.4 is 10.6 Å². The van der Waals surface area contributed by atoms with Gasteiger partial charge in [0, 0.05) is 38.1 Å². The Kier molecular flexibility index (Phi) is 11.3. The minimum absolute atomic E-state index is 0. The first-order valence-electron chi connectivity index (χ1n) is 8.38. The van der Waals surface area contributed by atoms with E-state index in [1.165, 1.54) is 11.1 Å². The second kappa shape index (κ2) is 11.7. The third-order valence-electron chi connectivity index (χ3n) is 4.62. The smallest absolute Gasteiger partial charge is 0.224 e. The summed E-state index contributed by atoms with van der Waals surface area (Å²) in [6.07, 6.45) is 2.17. The van der Waals surface area contributed by atoms with Crippen LogP contribution in [0, 0.1) is 5.92 Å². The second-order valence-corrected chi connectivity index (χ2v) is 6.26. The van der Waals surface area contributed by atoms with Gasteiger partial charge in [-0.25, -0.2) is 0 Å². The number of carbonyl (C=O) groups is 1. The van der Waals surface area contributed by atoms with E-state index in [0.29, 0.717) is 6.04 Å². The van der Waals surface area contributed by atoms with Crippen LogP contribution in [-0.4, -0.2) is 43.5 Å². The molecule has 1 aromatic carbocycles. The van der Waals surface area contributed by atoms with E-state index in [1.54, 1.807) is 0 Å². The molecule has 1 heterocycles. The minimum Gasteiger partial charge on any atom is -0.354 e. The molecular weight excluding hydrogens is 345 g/mol. The highest BCUT2D eigenvalue weighted by Gasteiger charge is 2.23. The zero-order chi connectivity index (χ0) is 15.9. The Morgan fingerprint density at radius 3 is 2.50 bits per heavy atom. The summed E-state index contributed by atoms with van der Waals surface area (Å²) in [6, 6.07) is 9.11. The molecule has 2 unspecified atom stereocenters. The predicted molar refractivity (Wildman–Crippen MR) is 105 cm³/mol. The highest BCUT2D eigenvalue weighted by Crippen LogP contribution is 2.21. The third-order valence-corrected chi connectivity index (χ3v) is 4.62. The maximum Gasteiger partial charge on any atom is 0.224 e. The molecule has 138 valence electrons. The maximum atomic E-state index is 12.1. The lowest BCUT2D eigenvalue weighted by Crippen LogP contribution is -2.47. The van der Waals surface area contributed by atoms with E-state index in [0.717, 1.165) is 39.0 Å². The van der Waals surface area contributed by atoms with E-state index in [-0.39, 0.29) is 36.6 Å².